The molecule has 1 saturated heterocycles. The first-order valence-electron chi connectivity index (χ1n) is 8.84. The predicted molar refractivity (Wildman–Crippen MR) is 105 cm³/mol. The molecule has 0 saturated carbocycles. The van der Waals surface area contributed by atoms with Crippen LogP contribution in [-0.4, -0.2) is 40.0 Å². The number of rotatable bonds is 4. The number of amides is 2. The van der Waals surface area contributed by atoms with Crippen molar-refractivity contribution in [1.29, 1.82) is 0 Å². The van der Waals surface area contributed by atoms with Crippen molar-refractivity contribution in [2.45, 2.75) is 39.5 Å². The average molecular weight is 419 g/mol. The van der Waals surface area contributed by atoms with E-state index in [1.807, 2.05) is 37.8 Å². The molecule has 0 spiro atoms. The van der Waals surface area contributed by atoms with Crippen molar-refractivity contribution in [3.8, 4) is 0 Å². The number of likely N-dealkylation sites (tertiary alicyclic amines) is 1. The average Bonchev–Trinajstić information content (AvgIpc) is 3.24. The van der Waals surface area contributed by atoms with Crippen LogP contribution in [-0.2, 0) is 0 Å². The van der Waals surface area contributed by atoms with E-state index in [1.54, 1.807) is 6.07 Å². The summed E-state index contributed by atoms with van der Waals surface area (Å²) in [6, 6.07) is 5.49. The van der Waals surface area contributed by atoms with Gasteiger partial charge in [-0.1, -0.05) is 26.0 Å². The molecule has 26 heavy (non-hydrogen) atoms. The number of carbonyl (C=O) groups is 2. The van der Waals surface area contributed by atoms with Crippen LogP contribution >= 0.6 is 15.9 Å². The molecular formula is C19H23BrN4O2. The Kier molecular flexibility index (Phi) is 5.46. The lowest BCUT2D eigenvalue weighted by atomic mass is 10.0. The SMILES string of the molecule is Cc1cccc(NC(=O)c2n[nH]c(C(C)C)c2Br)c1C(=O)N1CCCC1. The third kappa shape index (κ3) is 3.53. The molecule has 0 atom stereocenters. The normalized spacial score (nSPS) is 14.1. The number of carbonyl (C=O) groups excluding carboxylic acids is 2. The zero-order chi connectivity index (χ0) is 18.8. The second-order valence-corrected chi connectivity index (χ2v) is 7.70. The molecule has 1 aromatic carbocycles. The third-order valence-corrected chi connectivity index (χ3v) is 5.46. The fourth-order valence-electron chi connectivity index (χ4n) is 3.19. The quantitative estimate of drug-likeness (QED) is 0.784. The van der Waals surface area contributed by atoms with Crippen LogP contribution in [0, 0.1) is 6.92 Å². The van der Waals surface area contributed by atoms with Crippen LogP contribution in [0.15, 0.2) is 22.7 Å². The molecule has 0 aliphatic carbocycles. The van der Waals surface area contributed by atoms with Crippen LogP contribution in [0.25, 0.3) is 0 Å². The van der Waals surface area contributed by atoms with Gasteiger partial charge in [0.15, 0.2) is 5.69 Å². The van der Waals surface area contributed by atoms with E-state index in [9.17, 15) is 9.59 Å². The Balaban J connectivity index is 1.89. The highest BCUT2D eigenvalue weighted by Gasteiger charge is 2.25. The van der Waals surface area contributed by atoms with E-state index in [0.717, 1.165) is 37.2 Å². The Morgan fingerprint density at radius 1 is 1.27 bits per heavy atom. The molecule has 0 bridgehead atoms. The summed E-state index contributed by atoms with van der Waals surface area (Å²) in [6.45, 7) is 7.47. The zero-order valence-electron chi connectivity index (χ0n) is 15.2. The van der Waals surface area contributed by atoms with E-state index in [4.69, 9.17) is 0 Å². The minimum Gasteiger partial charge on any atom is -0.339 e. The number of aromatic nitrogens is 2. The highest BCUT2D eigenvalue weighted by Crippen LogP contribution is 2.28. The van der Waals surface area contributed by atoms with Gasteiger partial charge >= 0.3 is 0 Å². The Hall–Kier alpha value is -2.15. The molecule has 0 radical (unpaired) electrons. The Morgan fingerprint density at radius 3 is 2.58 bits per heavy atom. The number of halogens is 1. The lowest BCUT2D eigenvalue weighted by Gasteiger charge is -2.19. The van der Waals surface area contributed by atoms with Crippen LogP contribution in [0.4, 0.5) is 5.69 Å². The number of hydrogen-bond donors (Lipinski definition) is 2. The number of benzene rings is 1. The largest absolute Gasteiger partial charge is 0.339 e. The molecule has 1 aliphatic heterocycles. The lowest BCUT2D eigenvalue weighted by Crippen LogP contribution is -2.29. The maximum atomic E-state index is 12.9. The minimum atomic E-state index is -0.346. The van der Waals surface area contributed by atoms with Gasteiger partial charge in [-0.05, 0) is 53.2 Å². The Labute approximate surface area is 161 Å². The fraction of sp³-hybridized carbons (Fsp3) is 0.421. The van der Waals surface area contributed by atoms with E-state index in [1.165, 1.54) is 0 Å². The molecule has 138 valence electrons. The first-order valence-corrected chi connectivity index (χ1v) is 9.63. The van der Waals surface area contributed by atoms with Gasteiger partial charge in [-0.3, -0.25) is 14.7 Å². The summed E-state index contributed by atoms with van der Waals surface area (Å²) in [5.74, 6) is -0.161. The van der Waals surface area contributed by atoms with E-state index in [2.05, 4.69) is 31.4 Å². The summed E-state index contributed by atoms with van der Waals surface area (Å²) in [7, 11) is 0. The molecule has 1 aliphatic rings. The van der Waals surface area contributed by atoms with Crippen LogP contribution < -0.4 is 5.32 Å². The second-order valence-electron chi connectivity index (χ2n) is 6.91. The van der Waals surface area contributed by atoms with Crippen LogP contribution in [0.2, 0.25) is 0 Å². The van der Waals surface area contributed by atoms with Gasteiger partial charge in [0.25, 0.3) is 11.8 Å². The lowest BCUT2D eigenvalue weighted by molar-refractivity contribution is 0.0793. The van der Waals surface area contributed by atoms with Gasteiger partial charge in [0.05, 0.1) is 21.4 Å². The monoisotopic (exact) mass is 418 g/mol. The van der Waals surface area contributed by atoms with Gasteiger partial charge in [0.2, 0.25) is 0 Å². The number of H-pyrrole nitrogens is 1. The summed E-state index contributed by atoms with van der Waals surface area (Å²) in [5.41, 5.74) is 3.08. The first kappa shape index (κ1) is 18.6. The molecule has 2 aromatic rings. The van der Waals surface area contributed by atoms with Gasteiger partial charge in [0.1, 0.15) is 0 Å². The first-order chi connectivity index (χ1) is 12.4. The van der Waals surface area contributed by atoms with Crippen molar-refractivity contribution in [3.05, 3.63) is 45.2 Å². The van der Waals surface area contributed by atoms with Crippen LogP contribution in [0.3, 0.4) is 0 Å². The van der Waals surface area contributed by atoms with Gasteiger partial charge in [-0.25, -0.2) is 0 Å². The maximum absolute atomic E-state index is 12.9. The van der Waals surface area contributed by atoms with Crippen molar-refractivity contribution in [3.63, 3.8) is 0 Å². The van der Waals surface area contributed by atoms with Gasteiger partial charge in [0, 0.05) is 13.1 Å². The zero-order valence-corrected chi connectivity index (χ0v) is 16.8. The number of anilines is 1. The van der Waals surface area contributed by atoms with Crippen LogP contribution in [0.1, 0.15) is 64.7 Å². The van der Waals surface area contributed by atoms with Crippen molar-refractivity contribution < 1.29 is 9.59 Å². The molecule has 1 aromatic heterocycles. The number of hydrogen-bond acceptors (Lipinski definition) is 3. The van der Waals surface area contributed by atoms with Gasteiger partial charge in [-0.15, -0.1) is 0 Å². The standard InChI is InChI=1S/C19H23BrN4O2/c1-11(2)16-15(20)17(23-22-16)18(25)21-13-8-6-7-12(3)14(13)19(26)24-9-4-5-10-24/h6-8,11H,4-5,9-10H2,1-3H3,(H,21,25)(H,22,23). The summed E-state index contributed by atoms with van der Waals surface area (Å²) in [6.07, 6.45) is 2.05. The van der Waals surface area contributed by atoms with E-state index >= 15 is 0 Å². The summed E-state index contributed by atoms with van der Waals surface area (Å²) < 4.78 is 0.657. The third-order valence-electron chi connectivity index (χ3n) is 4.65. The molecule has 2 N–H and O–H groups in total. The number of nitrogens with zero attached hydrogens (tertiary/aromatic N) is 2. The molecule has 6 nitrogen and oxygen atoms in total. The van der Waals surface area contributed by atoms with Gasteiger partial charge < -0.3 is 10.2 Å². The van der Waals surface area contributed by atoms with Crippen molar-refractivity contribution in [2.24, 2.45) is 0 Å². The van der Waals surface area contributed by atoms with Crippen LogP contribution in [0.5, 0.6) is 0 Å². The van der Waals surface area contributed by atoms with Gasteiger partial charge in [-0.2, -0.15) is 5.10 Å². The van der Waals surface area contributed by atoms with Crippen molar-refractivity contribution in [2.75, 3.05) is 18.4 Å². The smallest absolute Gasteiger partial charge is 0.277 e. The number of aromatic amines is 1. The number of nitrogens with one attached hydrogen (secondary N) is 2. The molecule has 7 heteroatoms. The topological polar surface area (TPSA) is 78.1 Å². The van der Waals surface area contributed by atoms with E-state index in [0.29, 0.717) is 15.7 Å². The summed E-state index contributed by atoms with van der Waals surface area (Å²) in [4.78, 5) is 27.5. The summed E-state index contributed by atoms with van der Waals surface area (Å²) in [5, 5.41) is 9.90. The predicted octanol–water partition coefficient (Wildman–Crippen LogP) is 4.09. The maximum Gasteiger partial charge on any atom is 0.277 e. The minimum absolute atomic E-state index is 0.0279. The highest BCUT2D eigenvalue weighted by molar-refractivity contribution is 9.10. The summed E-state index contributed by atoms with van der Waals surface area (Å²) >= 11 is 3.45. The molecule has 1 fully saturated rings. The number of aryl methyl sites for hydroxylation is 1. The fourth-order valence-corrected chi connectivity index (χ4v) is 4.01. The van der Waals surface area contributed by atoms with Crippen molar-refractivity contribution >= 4 is 33.4 Å². The molecule has 3 rings (SSSR count). The molecular weight excluding hydrogens is 396 g/mol. The molecule has 0 unspecified atom stereocenters. The van der Waals surface area contributed by atoms with E-state index in [-0.39, 0.29) is 23.4 Å². The second kappa shape index (κ2) is 7.61. The Bertz CT molecular complexity index is 838. The Morgan fingerprint density at radius 2 is 1.96 bits per heavy atom. The van der Waals surface area contributed by atoms with E-state index < -0.39 is 0 Å². The van der Waals surface area contributed by atoms with Crippen molar-refractivity contribution in [1.82, 2.24) is 15.1 Å². The highest BCUT2D eigenvalue weighted by atomic mass is 79.9. The molecule has 2 heterocycles. The molecule has 2 amide bonds.